The first kappa shape index (κ1) is 21.8. The van der Waals surface area contributed by atoms with Crippen molar-refractivity contribution < 1.29 is 14.3 Å². The molecule has 3 aromatic rings. The van der Waals surface area contributed by atoms with Gasteiger partial charge in [-0.3, -0.25) is 4.79 Å². The molecule has 154 valence electrons. The molecule has 0 radical (unpaired) electrons. The Morgan fingerprint density at radius 1 is 1.00 bits per heavy atom. The standard InChI is InChI=1S/C26H25BrO3/c1-18(2)20-6-8-21(9-7-20)25(28)14-4-19-5-15-26(29-3)22(16-19)17-30-24-12-10-23(27)11-13-24/h4-16,18H,17H2,1-3H3/b14-4+. The molecule has 0 saturated carbocycles. The normalized spacial score (nSPS) is 11.1. The zero-order valence-electron chi connectivity index (χ0n) is 17.4. The fourth-order valence-electron chi connectivity index (χ4n) is 3.01. The lowest BCUT2D eigenvalue weighted by molar-refractivity contribution is 0.104. The van der Waals surface area contributed by atoms with Crippen LogP contribution in [0.25, 0.3) is 6.08 Å². The van der Waals surface area contributed by atoms with E-state index in [9.17, 15) is 4.79 Å². The van der Waals surface area contributed by atoms with Gasteiger partial charge < -0.3 is 9.47 Å². The quantitative estimate of drug-likeness (QED) is 0.264. The van der Waals surface area contributed by atoms with Crippen molar-refractivity contribution in [1.29, 1.82) is 0 Å². The van der Waals surface area contributed by atoms with Crippen molar-refractivity contribution in [2.75, 3.05) is 7.11 Å². The van der Waals surface area contributed by atoms with Crippen molar-refractivity contribution in [3.8, 4) is 11.5 Å². The maximum Gasteiger partial charge on any atom is 0.185 e. The molecule has 0 aliphatic carbocycles. The zero-order chi connectivity index (χ0) is 21.5. The maximum atomic E-state index is 12.5. The molecule has 0 N–H and O–H groups in total. The zero-order valence-corrected chi connectivity index (χ0v) is 19.0. The van der Waals surface area contributed by atoms with Gasteiger partial charge in [0.05, 0.1) is 7.11 Å². The Balaban J connectivity index is 1.71. The van der Waals surface area contributed by atoms with Gasteiger partial charge in [-0.1, -0.05) is 66.2 Å². The summed E-state index contributed by atoms with van der Waals surface area (Å²) in [6.07, 6.45) is 3.42. The van der Waals surface area contributed by atoms with Crippen LogP contribution in [0.15, 0.2) is 77.3 Å². The highest BCUT2D eigenvalue weighted by atomic mass is 79.9. The molecule has 0 amide bonds. The Bertz CT molecular complexity index is 1020. The lowest BCUT2D eigenvalue weighted by atomic mass is 10.00. The average molecular weight is 465 g/mol. The molecule has 0 bridgehead atoms. The highest BCUT2D eigenvalue weighted by molar-refractivity contribution is 9.10. The van der Waals surface area contributed by atoms with E-state index in [0.29, 0.717) is 18.1 Å². The Morgan fingerprint density at radius 2 is 1.70 bits per heavy atom. The Morgan fingerprint density at radius 3 is 2.33 bits per heavy atom. The number of carbonyl (C=O) groups is 1. The number of methoxy groups -OCH3 is 1. The fourth-order valence-corrected chi connectivity index (χ4v) is 3.27. The van der Waals surface area contributed by atoms with Gasteiger partial charge in [0.15, 0.2) is 5.78 Å². The number of ether oxygens (including phenoxy) is 2. The van der Waals surface area contributed by atoms with Crippen LogP contribution in [0.2, 0.25) is 0 Å². The highest BCUT2D eigenvalue weighted by Crippen LogP contribution is 2.24. The summed E-state index contributed by atoms with van der Waals surface area (Å²) in [7, 11) is 1.64. The molecular weight excluding hydrogens is 440 g/mol. The first-order valence-corrected chi connectivity index (χ1v) is 10.6. The van der Waals surface area contributed by atoms with E-state index in [1.807, 2.05) is 72.8 Å². The van der Waals surface area contributed by atoms with Gasteiger partial charge in [-0.05, 0) is 59.5 Å². The topological polar surface area (TPSA) is 35.5 Å². The van der Waals surface area contributed by atoms with Crippen molar-refractivity contribution in [3.63, 3.8) is 0 Å². The summed E-state index contributed by atoms with van der Waals surface area (Å²) in [6, 6.07) is 21.3. The maximum absolute atomic E-state index is 12.5. The smallest absolute Gasteiger partial charge is 0.185 e. The van der Waals surface area contributed by atoms with Gasteiger partial charge in [0.2, 0.25) is 0 Å². The van der Waals surface area contributed by atoms with Crippen molar-refractivity contribution in [1.82, 2.24) is 0 Å². The molecule has 0 fully saturated rings. The van der Waals surface area contributed by atoms with Crippen LogP contribution in [0.4, 0.5) is 0 Å². The van der Waals surface area contributed by atoms with E-state index in [-0.39, 0.29) is 5.78 Å². The number of hydrogen-bond donors (Lipinski definition) is 0. The average Bonchev–Trinajstić information content (AvgIpc) is 2.77. The number of ketones is 1. The van der Waals surface area contributed by atoms with E-state index in [2.05, 4.69) is 29.8 Å². The van der Waals surface area contributed by atoms with Crippen LogP contribution in [-0.4, -0.2) is 12.9 Å². The minimum Gasteiger partial charge on any atom is -0.496 e. The van der Waals surface area contributed by atoms with Crippen LogP contribution in [0.3, 0.4) is 0 Å². The van der Waals surface area contributed by atoms with Crippen molar-refractivity contribution >= 4 is 27.8 Å². The number of allylic oxidation sites excluding steroid dienone is 1. The molecule has 0 saturated heterocycles. The molecule has 0 spiro atoms. The van der Waals surface area contributed by atoms with E-state index in [1.165, 1.54) is 5.56 Å². The predicted molar refractivity (Wildman–Crippen MR) is 125 cm³/mol. The van der Waals surface area contributed by atoms with Crippen LogP contribution >= 0.6 is 15.9 Å². The number of hydrogen-bond acceptors (Lipinski definition) is 3. The summed E-state index contributed by atoms with van der Waals surface area (Å²) in [5, 5.41) is 0. The molecule has 0 aliphatic rings. The number of carbonyl (C=O) groups excluding carboxylic acids is 1. The second-order valence-electron chi connectivity index (χ2n) is 7.29. The summed E-state index contributed by atoms with van der Waals surface area (Å²) in [5.74, 6) is 1.96. The van der Waals surface area contributed by atoms with E-state index >= 15 is 0 Å². The molecular formula is C26H25BrO3. The van der Waals surface area contributed by atoms with Crippen molar-refractivity contribution in [2.24, 2.45) is 0 Å². The lowest BCUT2D eigenvalue weighted by Gasteiger charge is -2.11. The van der Waals surface area contributed by atoms with Crippen LogP contribution in [0.5, 0.6) is 11.5 Å². The molecule has 0 aliphatic heterocycles. The van der Waals surface area contributed by atoms with Crippen LogP contribution in [0.1, 0.15) is 46.8 Å². The molecule has 0 atom stereocenters. The SMILES string of the molecule is COc1ccc(/C=C/C(=O)c2ccc(C(C)C)cc2)cc1COc1ccc(Br)cc1. The Kier molecular flexibility index (Phi) is 7.47. The van der Waals surface area contributed by atoms with Gasteiger partial charge in [0.1, 0.15) is 18.1 Å². The second-order valence-corrected chi connectivity index (χ2v) is 8.20. The first-order chi connectivity index (χ1) is 14.5. The molecule has 3 rings (SSSR count). The van der Waals surface area contributed by atoms with E-state index in [1.54, 1.807) is 13.2 Å². The number of halogens is 1. The Labute approximate surface area is 186 Å². The third-order valence-electron chi connectivity index (χ3n) is 4.80. The minimum atomic E-state index is -0.0196. The van der Waals surface area contributed by atoms with Gasteiger partial charge >= 0.3 is 0 Å². The van der Waals surface area contributed by atoms with Crippen molar-refractivity contribution in [2.45, 2.75) is 26.4 Å². The van der Waals surface area contributed by atoms with Gasteiger partial charge in [-0.15, -0.1) is 0 Å². The van der Waals surface area contributed by atoms with Gasteiger partial charge in [-0.25, -0.2) is 0 Å². The van der Waals surface area contributed by atoms with Gasteiger partial charge in [0, 0.05) is 15.6 Å². The fraction of sp³-hybridized carbons (Fsp3) is 0.192. The monoisotopic (exact) mass is 464 g/mol. The Hall–Kier alpha value is -2.85. The molecule has 0 heterocycles. The molecule has 0 aromatic heterocycles. The molecule has 3 aromatic carbocycles. The number of benzene rings is 3. The van der Waals surface area contributed by atoms with Gasteiger partial charge in [0.25, 0.3) is 0 Å². The second kappa shape index (κ2) is 10.3. The summed E-state index contributed by atoms with van der Waals surface area (Å²) in [6.45, 7) is 4.65. The number of rotatable bonds is 8. The molecule has 4 heteroatoms. The van der Waals surface area contributed by atoms with Crippen molar-refractivity contribution in [3.05, 3.63) is 99.5 Å². The summed E-state index contributed by atoms with van der Waals surface area (Å²) in [4.78, 5) is 12.5. The molecule has 30 heavy (non-hydrogen) atoms. The van der Waals surface area contributed by atoms with Crippen LogP contribution in [0, 0.1) is 0 Å². The summed E-state index contributed by atoms with van der Waals surface area (Å²) in [5.41, 5.74) is 3.73. The summed E-state index contributed by atoms with van der Waals surface area (Å²) >= 11 is 3.42. The minimum absolute atomic E-state index is 0.0196. The first-order valence-electron chi connectivity index (χ1n) is 9.84. The van der Waals surface area contributed by atoms with Crippen LogP contribution < -0.4 is 9.47 Å². The predicted octanol–water partition coefficient (Wildman–Crippen LogP) is 7.06. The largest absolute Gasteiger partial charge is 0.496 e. The molecule has 3 nitrogen and oxygen atoms in total. The van der Waals surface area contributed by atoms with E-state index < -0.39 is 0 Å². The van der Waals surface area contributed by atoms with E-state index in [4.69, 9.17) is 9.47 Å². The van der Waals surface area contributed by atoms with Gasteiger partial charge in [-0.2, -0.15) is 0 Å². The lowest BCUT2D eigenvalue weighted by Crippen LogP contribution is -1.99. The molecule has 0 unspecified atom stereocenters. The third-order valence-corrected chi connectivity index (χ3v) is 5.33. The summed E-state index contributed by atoms with van der Waals surface area (Å²) < 4.78 is 12.3. The highest BCUT2D eigenvalue weighted by Gasteiger charge is 2.07. The third kappa shape index (κ3) is 5.83. The van der Waals surface area contributed by atoms with Crippen LogP contribution in [-0.2, 0) is 6.61 Å². The van der Waals surface area contributed by atoms with E-state index in [0.717, 1.165) is 27.1 Å².